The Balaban J connectivity index is 0.00000342. The van der Waals surface area contributed by atoms with Gasteiger partial charge in [0.05, 0.1) is 30.1 Å². The second-order valence-electron chi connectivity index (χ2n) is 6.91. The molecule has 0 saturated heterocycles. The van der Waals surface area contributed by atoms with E-state index in [0.717, 1.165) is 0 Å². The van der Waals surface area contributed by atoms with Gasteiger partial charge in [-0.3, -0.25) is 9.59 Å². The van der Waals surface area contributed by atoms with Crippen LogP contribution in [0, 0.1) is 14.3 Å². The maximum atomic E-state index is 12.7. The first-order chi connectivity index (χ1) is 15.9. The van der Waals surface area contributed by atoms with E-state index < -0.39 is 12.4 Å². The Labute approximate surface area is 294 Å². The van der Waals surface area contributed by atoms with E-state index in [4.69, 9.17) is 50.8 Å². The van der Waals surface area contributed by atoms with Crippen molar-refractivity contribution >= 4 is 154 Å². The van der Waals surface area contributed by atoms with Crippen LogP contribution in [0.1, 0.15) is 5.56 Å². The molecule has 0 saturated carbocycles. The van der Waals surface area contributed by atoms with E-state index in [9.17, 15) is 19.8 Å². The van der Waals surface area contributed by atoms with Gasteiger partial charge in [0.1, 0.15) is 9.15 Å². The predicted octanol–water partition coefficient (Wildman–Crippen LogP) is 5.30. The average molecular weight is 1010 g/mol. The molecule has 1 aliphatic heterocycles. The van der Waals surface area contributed by atoms with Gasteiger partial charge in [-0.2, -0.15) is 0 Å². The molecule has 2 aliphatic rings. The molecule has 4 rings (SSSR count). The quantitative estimate of drug-likeness (QED) is 0.0991. The molecule has 176 valence electrons. The van der Waals surface area contributed by atoms with Crippen molar-refractivity contribution in [3.8, 4) is 28.2 Å². The van der Waals surface area contributed by atoms with Crippen molar-refractivity contribution in [2.75, 3.05) is 0 Å². The summed E-state index contributed by atoms with van der Waals surface area (Å²) in [6.07, 6.45) is -0.499. The summed E-state index contributed by atoms with van der Waals surface area (Å²) in [7, 11) is 0. The smallest absolute Gasteiger partial charge is 0.871 e. The minimum atomic E-state index is -1.16. The molecule has 1 heterocycles. The van der Waals surface area contributed by atoms with Crippen LogP contribution in [-0.2, 0) is 11.2 Å². The molecular formula is C21H5Cl4I4NaO5. The van der Waals surface area contributed by atoms with Crippen LogP contribution in [0.25, 0.3) is 33.4 Å². The molecule has 1 aliphatic carbocycles. The van der Waals surface area contributed by atoms with Gasteiger partial charge in [-0.15, -0.1) is 0 Å². The van der Waals surface area contributed by atoms with Crippen LogP contribution in [0.2, 0.25) is 20.1 Å². The van der Waals surface area contributed by atoms with Crippen LogP contribution in [0.3, 0.4) is 0 Å². The summed E-state index contributed by atoms with van der Waals surface area (Å²) < 4.78 is 7.54. The van der Waals surface area contributed by atoms with Crippen LogP contribution in [0.4, 0.5) is 0 Å². The number of carboxylic acids is 1. The van der Waals surface area contributed by atoms with Gasteiger partial charge in [-0.1, -0.05) is 52.2 Å². The standard InChI is InChI=1S/C21H6Cl4I4O5.Na/c22-12-4(3-9(30)31)11(13(23)15(25)14(12)24)10-5-1-7(26)18(32)16(28)20(5)34-21-6(10)2-8(27)19(33)17(21)29;/h1-2,32H,3H2,(H,30,31);/q;+1/p-1. The largest absolute Gasteiger partial charge is 1.00 e. The van der Waals surface area contributed by atoms with E-state index in [1.807, 2.05) is 90.4 Å². The third-order valence-corrected chi connectivity index (χ3v) is 10.4. The second kappa shape index (κ2) is 11.9. The number of halogens is 8. The molecule has 2 aromatic rings. The molecule has 0 atom stereocenters. The van der Waals surface area contributed by atoms with Gasteiger partial charge in [0.2, 0.25) is 5.43 Å². The summed E-state index contributed by atoms with van der Waals surface area (Å²) in [6, 6.07) is 3.25. The van der Waals surface area contributed by atoms with Crippen LogP contribution in [0.15, 0.2) is 21.3 Å². The zero-order valence-electron chi connectivity index (χ0n) is 17.0. The minimum Gasteiger partial charge on any atom is -0.871 e. The molecule has 0 aromatic heterocycles. The van der Waals surface area contributed by atoms with Crippen LogP contribution in [-0.4, -0.2) is 11.1 Å². The van der Waals surface area contributed by atoms with Crippen molar-refractivity contribution in [3.63, 3.8) is 0 Å². The Bertz CT molecular complexity index is 1590. The van der Waals surface area contributed by atoms with E-state index >= 15 is 0 Å². The van der Waals surface area contributed by atoms with Crippen LogP contribution >= 0.6 is 137 Å². The number of carboxylic acid groups (broad SMARTS) is 1. The van der Waals surface area contributed by atoms with E-state index in [-0.39, 0.29) is 83.3 Å². The van der Waals surface area contributed by atoms with Crippen LogP contribution < -0.4 is 40.1 Å². The van der Waals surface area contributed by atoms with Crippen molar-refractivity contribution in [2.45, 2.75) is 6.42 Å². The molecule has 5 nitrogen and oxygen atoms in total. The van der Waals surface area contributed by atoms with Gasteiger partial charge in [-0.25, -0.2) is 0 Å². The number of carbonyl (C=O) groups is 1. The topological polar surface area (TPSA) is 90.6 Å². The van der Waals surface area contributed by atoms with E-state index in [2.05, 4.69) is 0 Å². The number of fused-ring (bicyclic) bond motifs is 2. The summed E-state index contributed by atoms with van der Waals surface area (Å²) in [4.78, 5) is 24.5. The van der Waals surface area contributed by atoms with Gasteiger partial charge in [0, 0.05) is 29.2 Å². The summed E-state index contributed by atoms with van der Waals surface area (Å²) >= 11 is 33.4. The molecule has 0 amide bonds. The van der Waals surface area contributed by atoms with Crippen molar-refractivity contribution in [3.05, 3.63) is 62.3 Å². The van der Waals surface area contributed by atoms with E-state index in [0.29, 0.717) is 30.8 Å². The molecule has 14 heteroatoms. The van der Waals surface area contributed by atoms with Gasteiger partial charge < -0.3 is 14.6 Å². The zero-order valence-corrected chi connectivity index (χ0v) is 30.6. The zero-order chi connectivity index (χ0) is 25.2. The average Bonchev–Trinajstić information content (AvgIpc) is 2.78. The monoisotopic (exact) mass is 1010 g/mol. The molecule has 0 spiro atoms. The maximum absolute atomic E-state index is 12.7. The Kier molecular flexibility index (Phi) is 10.6. The fourth-order valence-electron chi connectivity index (χ4n) is 3.51. The molecular weight excluding hydrogens is 1000 g/mol. The first-order valence-corrected chi connectivity index (χ1v) is 14.7. The van der Waals surface area contributed by atoms with Crippen molar-refractivity contribution in [1.29, 1.82) is 0 Å². The molecule has 2 aromatic carbocycles. The molecule has 0 bridgehead atoms. The Morgan fingerprint density at radius 3 is 2.11 bits per heavy atom. The Morgan fingerprint density at radius 1 is 0.914 bits per heavy atom. The predicted molar refractivity (Wildman–Crippen MR) is 166 cm³/mol. The van der Waals surface area contributed by atoms with Crippen LogP contribution in [0.5, 0.6) is 5.75 Å². The molecule has 1 N–H and O–H groups in total. The number of hydrogen-bond acceptors (Lipinski definition) is 4. The normalized spacial score (nSPS) is 11.2. The van der Waals surface area contributed by atoms with Gasteiger partial charge >= 0.3 is 35.5 Å². The van der Waals surface area contributed by atoms with Gasteiger partial charge in [0.15, 0.2) is 5.76 Å². The molecule has 0 radical (unpaired) electrons. The number of benzene rings is 3. The van der Waals surface area contributed by atoms with Gasteiger partial charge in [0.25, 0.3) is 0 Å². The SMILES string of the molecule is O=C(O)Cc1c(Cl)c(Cl)c(Cl)c(Cl)c1-c1c2cc(I)c(=O)c(I)c-2oc2c(I)c([O-])c(I)cc12.[Na+]. The first kappa shape index (κ1) is 31.0. The number of hydrogen-bond donors (Lipinski definition) is 1. The van der Waals surface area contributed by atoms with Gasteiger partial charge in [-0.05, 0) is 108 Å². The summed E-state index contributed by atoms with van der Waals surface area (Å²) in [5, 5.41) is 22.6. The minimum absolute atomic E-state index is 0. The van der Waals surface area contributed by atoms with Crippen molar-refractivity contribution < 1.29 is 49.0 Å². The molecule has 0 fully saturated rings. The summed E-state index contributed by atoms with van der Waals surface area (Å²) in [6.45, 7) is 0. The fourth-order valence-corrected chi connectivity index (χ4v) is 8.14. The molecule has 0 unspecified atom stereocenters. The first-order valence-electron chi connectivity index (χ1n) is 8.87. The fraction of sp³-hybridized carbons (Fsp3) is 0.0476. The summed E-state index contributed by atoms with van der Waals surface area (Å²) in [5.74, 6) is -1.18. The third-order valence-electron chi connectivity index (χ3n) is 4.95. The third kappa shape index (κ3) is 5.44. The second-order valence-corrected chi connectivity index (χ2v) is 12.9. The van der Waals surface area contributed by atoms with E-state index in [1.54, 1.807) is 12.1 Å². The number of rotatable bonds is 3. The summed E-state index contributed by atoms with van der Waals surface area (Å²) in [5.41, 5.74) is 1.29. The Hall–Kier alpha value is 1.48. The van der Waals surface area contributed by atoms with Crippen molar-refractivity contribution in [1.82, 2.24) is 0 Å². The maximum Gasteiger partial charge on any atom is 1.00 e. The Morgan fingerprint density at radius 2 is 1.51 bits per heavy atom. The van der Waals surface area contributed by atoms with Crippen molar-refractivity contribution in [2.24, 2.45) is 0 Å². The number of aliphatic carboxylic acids is 1. The molecule has 35 heavy (non-hydrogen) atoms. The van der Waals surface area contributed by atoms with E-state index in [1.165, 1.54) is 0 Å².